The highest BCUT2D eigenvalue weighted by Crippen LogP contribution is 2.27. The van der Waals surface area contributed by atoms with Crippen molar-refractivity contribution in [2.24, 2.45) is 5.73 Å². The molecule has 0 aromatic heterocycles. The van der Waals surface area contributed by atoms with Crippen molar-refractivity contribution in [3.05, 3.63) is 34.6 Å². The van der Waals surface area contributed by atoms with Gasteiger partial charge in [-0.2, -0.15) is 0 Å². The summed E-state index contributed by atoms with van der Waals surface area (Å²) in [7, 11) is 0. The van der Waals surface area contributed by atoms with Crippen molar-refractivity contribution in [1.82, 2.24) is 0 Å². The summed E-state index contributed by atoms with van der Waals surface area (Å²) in [5, 5.41) is 9.94. The van der Waals surface area contributed by atoms with Gasteiger partial charge in [0.2, 0.25) is 0 Å². The summed E-state index contributed by atoms with van der Waals surface area (Å²) in [6.07, 6.45) is -0.700. The van der Waals surface area contributed by atoms with Gasteiger partial charge in [0.25, 0.3) is 0 Å². The van der Waals surface area contributed by atoms with E-state index in [2.05, 4.69) is 0 Å². The fraction of sp³-hybridized carbons (Fsp3) is 0.400. The Morgan fingerprint density at radius 3 is 2.79 bits per heavy atom. The Morgan fingerprint density at radius 1 is 1.57 bits per heavy atom. The van der Waals surface area contributed by atoms with E-state index < -0.39 is 6.10 Å². The highest BCUT2D eigenvalue weighted by Gasteiger charge is 2.17. The maximum Gasteiger partial charge on any atom is 0.123 e. The Kier molecular flexibility index (Phi) is 3.86. The van der Waals surface area contributed by atoms with Gasteiger partial charge in [-0.05, 0) is 23.8 Å². The molecule has 0 aliphatic carbocycles. The Hall–Kier alpha value is -0.640. The summed E-state index contributed by atoms with van der Waals surface area (Å²) < 4.78 is 12.9. The zero-order valence-corrected chi connectivity index (χ0v) is 8.63. The predicted molar refractivity (Wildman–Crippen MR) is 54.9 cm³/mol. The van der Waals surface area contributed by atoms with Crippen molar-refractivity contribution in [2.75, 3.05) is 6.54 Å². The maximum absolute atomic E-state index is 12.9. The molecule has 0 fully saturated rings. The predicted octanol–water partition coefficient (Wildman–Crippen LogP) is 1.90. The SMILES string of the molecule is CC(c1cc(F)ccc1Cl)C(O)CN. The molecule has 2 nitrogen and oxygen atoms in total. The number of hydrogen-bond donors (Lipinski definition) is 2. The largest absolute Gasteiger partial charge is 0.391 e. The summed E-state index contributed by atoms with van der Waals surface area (Å²) in [5.41, 5.74) is 5.90. The van der Waals surface area contributed by atoms with Crippen molar-refractivity contribution in [2.45, 2.75) is 18.9 Å². The van der Waals surface area contributed by atoms with Crippen LogP contribution in [0.25, 0.3) is 0 Å². The molecule has 2 atom stereocenters. The number of halogens is 2. The van der Waals surface area contributed by atoms with E-state index >= 15 is 0 Å². The van der Waals surface area contributed by atoms with Crippen LogP contribution in [0.4, 0.5) is 4.39 Å². The zero-order chi connectivity index (χ0) is 10.7. The van der Waals surface area contributed by atoms with E-state index in [4.69, 9.17) is 17.3 Å². The Morgan fingerprint density at radius 2 is 2.21 bits per heavy atom. The monoisotopic (exact) mass is 217 g/mol. The van der Waals surface area contributed by atoms with Crippen molar-refractivity contribution in [3.63, 3.8) is 0 Å². The molecule has 0 amide bonds. The summed E-state index contributed by atoms with van der Waals surface area (Å²) in [4.78, 5) is 0. The van der Waals surface area contributed by atoms with E-state index in [9.17, 15) is 9.50 Å². The normalized spacial score (nSPS) is 15.2. The van der Waals surface area contributed by atoms with Crippen molar-refractivity contribution < 1.29 is 9.50 Å². The topological polar surface area (TPSA) is 46.2 Å². The van der Waals surface area contributed by atoms with Crippen LogP contribution in [0.15, 0.2) is 18.2 Å². The highest BCUT2D eigenvalue weighted by molar-refractivity contribution is 6.31. The summed E-state index contributed by atoms with van der Waals surface area (Å²) in [5.74, 6) is -0.622. The maximum atomic E-state index is 12.9. The van der Waals surface area contributed by atoms with Gasteiger partial charge in [-0.3, -0.25) is 0 Å². The van der Waals surface area contributed by atoms with Gasteiger partial charge in [0.05, 0.1) is 6.10 Å². The average molecular weight is 218 g/mol. The molecule has 0 saturated heterocycles. The Balaban J connectivity index is 2.99. The van der Waals surface area contributed by atoms with E-state index in [0.29, 0.717) is 10.6 Å². The first-order valence-corrected chi connectivity index (χ1v) is 4.77. The second kappa shape index (κ2) is 4.73. The lowest BCUT2D eigenvalue weighted by molar-refractivity contribution is 0.157. The number of hydrogen-bond acceptors (Lipinski definition) is 2. The lowest BCUT2D eigenvalue weighted by atomic mass is 9.95. The molecule has 4 heteroatoms. The molecule has 1 aromatic carbocycles. The minimum atomic E-state index is -0.700. The van der Waals surface area contributed by atoms with E-state index in [-0.39, 0.29) is 18.3 Å². The Labute approximate surface area is 87.5 Å². The van der Waals surface area contributed by atoms with Gasteiger partial charge in [-0.15, -0.1) is 0 Å². The molecule has 0 spiro atoms. The second-order valence-corrected chi connectivity index (χ2v) is 3.66. The minimum absolute atomic E-state index is 0.133. The number of rotatable bonds is 3. The molecule has 1 aromatic rings. The van der Waals surface area contributed by atoms with Crippen LogP contribution in [-0.4, -0.2) is 17.8 Å². The van der Waals surface area contributed by atoms with Crippen LogP contribution in [-0.2, 0) is 0 Å². The van der Waals surface area contributed by atoms with Crippen LogP contribution in [0, 0.1) is 5.82 Å². The van der Waals surface area contributed by atoms with Gasteiger partial charge in [-0.25, -0.2) is 4.39 Å². The molecule has 2 unspecified atom stereocenters. The van der Waals surface area contributed by atoms with Gasteiger partial charge >= 0.3 is 0 Å². The number of nitrogens with two attached hydrogens (primary N) is 1. The molecular formula is C10H13ClFNO. The molecule has 3 N–H and O–H groups in total. The smallest absolute Gasteiger partial charge is 0.123 e. The third-order valence-electron chi connectivity index (χ3n) is 2.27. The summed E-state index contributed by atoms with van der Waals surface area (Å²) in [6.45, 7) is 1.90. The molecule has 14 heavy (non-hydrogen) atoms. The van der Waals surface area contributed by atoms with Gasteiger partial charge in [0.15, 0.2) is 0 Å². The quantitative estimate of drug-likeness (QED) is 0.813. The van der Waals surface area contributed by atoms with Crippen molar-refractivity contribution >= 4 is 11.6 Å². The van der Waals surface area contributed by atoms with Crippen LogP contribution < -0.4 is 5.73 Å². The molecule has 0 aliphatic rings. The molecular weight excluding hydrogens is 205 g/mol. The van der Waals surface area contributed by atoms with Crippen LogP contribution in [0.3, 0.4) is 0 Å². The lowest BCUT2D eigenvalue weighted by Gasteiger charge is -2.18. The highest BCUT2D eigenvalue weighted by atomic mass is 35.5. The third kappa shape index (κ3) is 2.44. The molecule has 0 heterocycles. The van der Waals surface area contributed by atoms with Gasteiger partial charge < -0.3 is 10.8 Å². The van der Waals surface area contributed by atoms with E-state index in [1.807, 2.05) is 0 Å². The first-order valence-electron chi connectivity index (χ1n) is 4.39. The zero-order valence-electron chi connectivity index (χ0n) is 7.87. The average Bonchev–Trinajstić information content (AvgIpc) is 2.19. The van der Waals surface area contributed by atoms with Gasteiger partial charge in [0.1, 0.15) is 5.82 Å². The molecule has 0 radical (unpaired) electrons. The van der Waals surface area contributed by atoms with E-state index in [0.717, 1.165) is 0 Å². The van der Waals surface area contributed by atoms with E-state index in [1.54, 1.807) is 6.92 Å². The van der Waals surface area contributed by atoms with Crippen LogP contribution in [0.5, 0.6) is 0 Å². The molecule has 0 bridgehead atoms. The Bertz CT molecular complexity index is 319. The first-order chi connectivity index (χ1) is 6.56. The third-order valence-corrected chi connectivity index (χ3v) is 2.61. The number of benzene rings is 1. The minimum Gasteiger partial charge on any atom is -0.391 e. The van der Waals surface area contributed by atoms with Gasteiger partial charge in [-0.1, -0.05) is 18.5 Å². The van der Waals surface area contributed by atoms with Gasteiger partial charge in [0, 0.05) is 17.5 Å². The first kappa shape index (κ1) is 11.4. The molecule has 78 valence electrons. The molecule has 0 aliphatic heterocycles. The number of aliphatic hydroxyl groups excluding tert-OH is 1. The summed E-state index contributed by atoms with van der Waals surface area (Å²) >= 11 is 5.87. The summed E-state index contributed by atoms with van der Waals surface area (Å²) in [6, 6.07) is 4.09. The fourth-order valence-corrected chi connectivity index (χ4v) is 1.56. The lowest BCUT2D eigenvalue weighted by Crippen LogP contribution is -2.25. The number of aliphatic hydroxyl groups is 1. The van der Waals surface area contributed by atoms with Crippen molar-refractivity contribution in [1.29, 1.82) is 0 Å². The molecule has 0 saturated carbocycles. The van der Waals surface area contributed by atoms with Crippen LogP contribution in [0.2, 0.25) is 5.02 Å². The van der Waals surface area contributed by atoms with E-state index in [1.165, 1.54) is 18.2 Å². The second-order valence-electron chi connectivity index (χ2n) is 3.26. The van der Waals surface area contributed by atoms with Crippen molar-refractivity contribution in [3.8, 4) is 0 Å². The molecule has 1 rings (SSSR count). The van der Waals surface area contributed by atoms with Crippen LogP contribution in [0.1, 0.15) is 18.4 Å². The fourth-order valence-electron chi connectivity index (χ4n) is 1.27. The standard InChI is InChI=1S/C10H13ClFNO/c1-6(10(14)5-13)8-4-7(12)2-3-9(8)11/h2-4,6,10,14H,5,13H2,1H3. The van der Waals surface area contributed by atoms with Crippen LogP contribution >= 0.6 is 11.6 Å².